The molecule has 0 bridgehead atoms. The van der Waals surface area contributed by atoms with Crippen molar-refractivity contribution in [2.45, 2.75) is 13.3 Å². The highest BCUT2D eigenvalue weighted by molar-refractivity contribution is 9.10. The van der Waals surface area contributed by atoms with Crippen molar-refractivity contribution in [2.75, 3.05) is 13.7 Å². The van der Waals surface area contributed by atoms with Crippen LogP contribution in [0.1, 0.15) is 18.3 Å². The first-order valence-electron chi connectivity index (χ1n) is 5.25. The van der Waals surface area contributed by atoms with Crippen molar-refractivity contribution in [3.8, 4) is 0 Å². The summed E-state index contributed by atoms with van der Waals surface area (Å²) >= 11 is 3.42. The maximum atomic E-state index is 9.21. The first-order valence-corrected chi connectivity index (χ1v) is 6.04. The number of nitrogens with two attached hydrogens (primary N) is 2. The molecule has 1 heterocycles. The Morgan fingerprint density at radius 3 is 2.65 bits per heavy atom. The number of halogens is 1. The second kappa shape index (κ2) is 6.00. The number of hydrogen-bond acceptors (Lipinski definition) is 5. The highest BCUT2D eigenvalue weighted by Gasteiger charge is 2.10. The van der Waals surface area contributed by atoms with Crippen molar-refractivity contribution in [3.05, 3.63) is 33.7 Å². The molecule has 1 aromatic heterocycles. The lowest BCUT2D eigenvalue weighted by molar-refractivity contribution is 0.278. The Hall–Kier alpha value is -1.11. The zero-order valence-corrected chi connectivity index (χ0v) is 11.5. The molecule has 0 aliphatic carbocycles. The lowest BCUT2D eigenvalue weighted by Gasteiger charge is -2.17. The molecule has 0 aliphatic heterocycles. The van der Waals surface area contributed by atoms with Gasteiger partial charge in [-0.05, 0) is 34.5 Å². The number of likely N-dealkylation sites (N-methyl/N-ethyl adjacent to an activating group) is 1. The van der Waals surface area contributed by atoms with E-state index in [9.17, 15) is 5.11 Å². The molecule has 0 fully saturated rings. The topological polar surface area (TPSA) is 88.4 Å². The number of hydrogen-bond donors (Lipinski definition) is 3. The van der Waals surface area contributed by atoms with E-state index >= 15 is 0 Å². The van der Waals surface area contributed by atoms with E-state index in [4.69, 9.17) is 11.6 Å². The van der Waals surface area contributed by atoms with Gasteiger partial charge in [-0.1, -0.05) is 6.92 Å². The summed E-state index contributed by atoms with van der Waals surface area (Å²) in [7, 11) is 1.62. The third kappa shape index (κ3) is 3.18. The van der Waals surface area contributed by atoms with Gasteiger partial charge < -0.3 is 15.8 Å². The van der Waals surface area contributed by atoms with Crippen molar-refractivity contribution < 1.29 is 5.11 Å². The molecule has 0 unspecified atom stereocenters. The third-order valence-electron chi connectivity index (χ3n) is 2.42. The van der Waals surface area contributed by atoms with Crippen LogP contribution in [0, 0.1) is 0 Å². The molecule has 0 saturated heterocycles. The average molecular weight is 301 g/mol. The highest BCUT2D eigenvalue weighted by atomic mass is 79.9. The van der Waals surface area contributed by atoms with Gasteiger partial charge in [0.25, 0.3) is 0 Å². The van der Waals surface area contributed by atoms with Crippen molar-refractivity contribution in [1.29, 1.82) is 0 Å². The van der Waals surface area contributed by atoms with Gasteiger partial charge in [-0.15, -0.1) is 0 Å². The summed E-state index contributed by atoms with van der Waals surface area (Å²) in [5.74, 6) is 5.58. The van der Waals surface area contributed by atoms with Crippen LogP contribution >= 0.6 is 15.9 Å². The molecule has 0 atom stereocenters. The second-order valence-electron chi connectivity index (χ2n) is 3.61. The normalized spacial score (nSPS) is 12.3. The van der Waals surface area contributed by atoms with Crippen LogP contribution in [0.4, 0.5) is 0 Å². The zero-order chi connectivity index (χ0) is 13.0. The minimum Gasteiger partial charge on any atom is -0.395 e. The molecule has 5 N–H and O–H groups in total. The fourth-order valence-electron chi connectivity index (χ4n) is 1.42. The van der Waals surface area contributed by atoms with Gasteiger partial charge >= 0.3 is 0 Å². The Balaban J connectivity index is 3.24. The number of pyridine rings is 1. The maximum Gasteiger partial charge on any atom is 0.0882 e. The SMILES string of the molecule is CCc1nc(/C(N)=C(\CO)N(C)N)ccc1Br. The van der Waals surface area contributed by atoms with Crippen LogP contribution in [-0.4, -0.2) is 28.8 Å². The van der Waals surface area contributed by atoms with Crippen molar-refractivity contribution in [1.82, 2.24) is 9.99 Å². The van der Waals surface area contributed by atoms with E-state index in [-0.39, 0.29) is 6.61 Å². The third-order valence-corrected chi connectivity index (χ3v) is 3.14. The predicted molar refractivity (Wildman–Crippen MR) is 71.5 cm³/mol. The summed E-state index contributed by atoms with van der Waals surface area (Å²) < 4.78 is 0.947. The molecule has 0 aliphatic rings. The van der Waals surface area contributed by atoms with Crippen molar-refractivity contribution >= 4 is 21.6 Å². The zero-order valence-electron chi connectivity index (χ0n) is 9.94. The van der Waals surface area contributed by atoms with E-state index in [1.165, 1.54) is 5.01 Å². The van der Waals surface area contributed by atoms with Crippen LogP contribution in [0.2, 0.25) is 0 Å². The molecule has 94 valence electrons. The van der Waals surface area contributed by atoms with Crippen LogP contribution in [0.15, 0.2) is 22.3 Å². The van der Waals surface area contributed by atoms with Gasteiger partial charge in [0.05, 0.1) is 29.4 Å². The predicted octanol–water partition coefficient (Wildman–Crippen LogP) is 0.832. The second-order valence-corrected chi connectivity index (χ2v) is 4.46. The number of aliphatic hydroxyl groups excluding tert-OH is 1. The first kappa shape index (κ1) is 14.0. The van der Waals surface area contributed by atoms with Crippen LogP contribution in [0.25, 0.3) is 5.70 Å². The van der Waals surface area contributed by atoms with E-state index < -0.39 is 0 Å². The summed E-state index contributed by atoms with van der Waals surface area (Å²) in [4.78, 5) is 4.42. The molecular formula is C11H17BrN4O. The molecule has 0 spiro atoms. The first-order chi connectivity index (χ1) is 8.01. The molecule has 0 radical (unpaired) electrons. The van der Waals surface area contributed by atoms with E-state index in [0.717, 1.165) is 16.6 Å². The smallest absolute Gasteiger partial charge is 0.0882 e. The lowest BCUT2D eigenvalue weighted by atomic mass is 10.2. The number of aryl methyl sites for hydroxylation is 1. The van der Waals surface area contributed by atoms with E-state index in [0.29, 0.717) is 17.1 Å². The van der Waals surface area contributed by atoms with Gasteiger partial charge in [0, 0.05) is 11.5 Å². The number of hydrazine groups is 1. The molecule has 17 heavy (non-hydrogen) atoms. The van der Waals surface area contributed by atoms with Crippen molar-refractivity contribution in [2.24, 2.45) is 11.6 Å². The molecule has 6 heteroatoms. The minimum absolute atomic E-state index is 0.224. The Labute approximate surface area is 109 Å². The van der Waals surface area contributed by atoms with Crippen LogP contribution in [-0.2, 0) is 6.42 Å². The van der Waals surface area contributed by atoms with Gasteiger partial charge in [0.15, 0.2) is 0 Å². The largest absolute Gasteiger partial charge is 0.395 e. The highest BCUT2D eigenvalue weighted by Crippen LogP contribution is 2.19. The number of aliphatic hydroxyl groups is 1. The summed E-state index contributed by atoms with van der Waals surface area (Å²) in [6, 6.07) is 3.68. The number of aromatic nitrogens is 1. The van der Waals surface area contributed by atoms with Gasteiger partial charge in [-0.3, -0.25) is 4.98 Å². The Kier molecular flexibility index (Phi) is 4.92. The van der Waals surface area contributed by atoms with E-state index in [1.807, 2.05) is 13.0 Å². The average Bonchev–Trinajstić information content (AvgIpc) is 2.29. The standard InChI is InChI=1S/C11H17BrN4O/c1-3-8-7(12)4-5-9(15-8)11(13)10(6-17)16(2)14/h4-5,17H,3,6,13-14H2,1-2H3/b11-10-. The summed E-state index contributed by atoms with van der Waals surface area (Å²) in [6.45, 7) is 1.79. The molecule has 0 aromatic carbocycles. The molecule has 0 amide bonds. The fraction of sp³-hybridized carbons (Fsp3) is 0.364. The molecule has 5 nitrogen and oxygen atoms in total. The summed E-state index contributed by atoms with van der Waals surface area (Å²) in [5.41, 5.74) is 8.32. The number of rotatable bonds is 4. The number of nitrogens with zero attached hydrogens (tertiary/aromatic N) is 2. The molecular weight excluding hydrogens is 284 g/mol. The lowest BCUT2D eigenvalue weighted by Crippen LogP contribution is -2.29. The minimum atomic E-state index is -0.224. The maximum absolute atomic E-state index is 9.21. The van der Waals surface area contributed by atoms with Gasteiger partial charge in [0.1, 0.15) is 0 Å². The Bertz CT molecular complexity index is 431. The van der Waals surface area contributed by atoms with E-state index in [2.05, 4.69) is 20.9 Å². The summed E-state index contributed by atoms with van der Waals surface area (Å²) in [5, 5.41) is 10.5. The summed E-state index contributed by atoms with van der Waals surface area (Å²) in [6.07, 6.45) is 0.800. The monoisotopic (exact) mass is 300 g/mol. The Morgan fingerprint density at radius 2 is 2.18 bits per heavy atom. The fourth-order valence-corrected chi connectivity index (χ4v) is 1.92. The van der Waals surface area contributed by atoms with E-state index in [1.54, 1.807) is 13.1 Å². The van der Waals surface area contributed by atoms with Gasteiger partial charge in [0.2, 0.25) is 0 Å². The van der Waals surface area contributed by atoms with Gasteiger partial charge in [-0.25, -0.2) is 5.84 Å². The quantitative estimate of drug-likeness (QED) is 0.566. The van der Waals surface area contributed by atoms with Crippen molar-refractivity contribution in [3.63, 3.8) is 0 Å². The van der Waals surface area contributed by atoms with Crippen LogP contribution < -0.4 is 11.6 Å². The van der Waals surface area contributed by atoms with Crippen LogP contribution in [0.5, 0.6) is 0 Å². The molecule has 0 saturated carbocycles. The molecule has 1 rings (SSSR count). The molecule has 1 aromatic rings. The van der Waals surface area contributed by atoms with Crippen LogP contribution in [0.3, 0.4) is 0 Å². The Morgan fingerprint density at radius 1 is 1.53 bits per heavy atom. The van der Waals surface area contributed by atoms with Gasteiger partial charge in [-0.2, -0.15) is 0 Å².